The van der Waals surface area contributed by atoms with Crippen LogP contribution in [0.25, 0.3) is 0 Å². The monoisotopic (exact) mass is 269 g/mol. The van der Waals surface area contributed by atoms with Crippen molar-refractivity contribution in [2.24, 2.45) is 4.99 Å². The molecule has 4 nitrogen and oxygen atoms in total. The molecule has 0 aromatic carbocycles. The zero-order chi connectivity index (χ0) is 14.0. The largest absolute Gasteiger partial charge is 0.373 e. The van der Waals surface area contributed by atoms with Crippen molar-refractivity contribution in [1.82, 2.24) is 10.6 Å². The maximum Gasteiger partial charge on any atom is 0.191 e. The summed E-state index contributed by atoms with van der Waals surface area (Å²) < 4.78 is 6.17. The molecule has 1 aliphatic rings. The number of nitrogens with zero attached hydrogens (tertiary/aromatic N) is 1. The molecule has 0 aromatic rings. The Balaban J connectivity index is 2.47. The first-order valence-electron chi connectivity index (χ1n) is 7.85. The predicted octanol–water partition coefficient (Wildman–Crippen LogP) is 2.69. The van der Waals surface area contributed by atoms with E-state index >= 15 is 0 Å². The van der Waals surface area contributed by atoms with Gasteiger partial charge in [0.1, 0.15) is 0 Å². The summed E-state index contributed by atoms with van der Waals surface area (Å²) in [5.74, 6) is 0.895. The van der Waals surface area contributed by atoms with Gasteiger partial charge in [-0.15, -0.1) is 0 Å². The molecule has 1 fully saturated rings. The van der Waals surface area contributed by atoms with Crippen molar-refractivity contribution in [2.75, 3.05) is 26.7 Å². The van der Waals surface area contributed by atoms with Gasteiger partial charge in [-0.05, 0) is 25.7 Å². The molecule has 0 amide bonds. The Morgan fingerprint density at radius 1 is 1.11 bits per heavy atom. The molecule has 0 saturated heterocycles. The fourth-order valence-electron chi connectivity index (χ4n) is 2.60. The number of nitrogens with one attached hydrogen (secondary N) is 2. The lowest BCUT2D eigenvalue weighted by Gasteiger charge is -2.37. The number of aliphatic imine (C=N–C) groups is 1. The zero-order valence-electron chi connectivity index (χ0n) is 12.9. The van der Waals surface area contributed by atoms with E-state index < -0.39 is 0 Å². The molecule has 0 unspecified atom stereocenters. The molecule has 1 aliphatic carbocycles. The van der Waals surface area contributed by atoms with Crippen LogP contribution in [0.15, 0.2) is 4.99 Å². The second-order valence-electron chi connectivity index (χ2n) is 5.44. The van der Waals surface area contributed by atoms with Crippen molar-refractivity contribution in [3.05, 3.63) is 0 Å². The fraction of sp³-hybridized carbons (Fsp3) is 0.933. The van der Waals surface area contributed by atoms with Gasteiger partial charge in [0.15, 0.2) is 5.96 Å². The van der Waals surface area contributed by atoms with E-state index in [1.54, 1.807) is 0 Å². The first kappa shape index (κ1) is 16.3. The SMILES string of the molecule is CCCNC(=NC)NCC1(OCCC)CCCCC1. The van der Waals surface area contributed by atoms with Gasteiger partial charge in [0.2, 0.25) is 0 Å². The number of rotatable bonds is 7. The molecule has 0 spiro atoms. The highest BCUT2D eigenvalue weighted by Crippen LogP contribution is 2.31. The van der Waals surface area contributed by atoms with Crippen molar-refractivity contribution < 1.29 is 4.74 Å². The molecular weight excluding hydrogens is 238 g/mol. The number of hydrogen-bond donors (Lipinski definition) is 2. The fourth-order valence-corrected chi connectivity index (χ4v) is 2.60. The third kappa shape index (κ3) is 5.81. The molecule has 2 N–H and O–H groups in total. The van der Waals surface area contributed by atoms with Crippen LogP contribution in [0.3, 0.4) is 0 Å². The first-order valence-corrected chi connectivity index (χ1v) is 7.85. The summed E-state index contributed by atoms with van der Waals surface area (Å²) in [6.45, 7) is 7.03. The Labute approximate surface area is 118 Å². The van der Waals surface area contributed by atoms with Gasteiger partial charge in [-0.1, -0.05) is 33.1 Å². The van der Waals surface area contributed by atoms with E-state index in [0.29, 0.717) is 0 Å². The lowest BCUT2D eigenvalue weighted by Crippen LogP contribution is -2.49. The van der Waals surface area contributed by atoms with Crippen LogP contribution in [0.4, 0.5) is 0 Å². The van der Waals surface area contributed by atoms with Gasteiger partial charge in [-0.2, -0.15) is 0 Å². The summed E-state index contributed by atoms with van der Waals surface area (Å²) >= 11 is 0. The molecule has 0 radical (unpaired) electrons. The van der Waals surface area contributed by atoms with Crippen molar-refractivity contribution >= 4 is 5.96 Å². The van der Waals surface area contributed by atoms with Gasteiger partial charge >= 0.3 is 0 Å². The highest BCUT2D eigenvalue weighted by molar-refractivity contribution is 5.79. The van der Waals surface area contributed by atoms with Crippen LogP contribution in [0, 0.1) is 0 Å². The standard InChI is InChI=1S/C15H31N3O/c1-4-11-17-14(16-3)18-13-15(19-12-5-2)9-7-6-8-10-15/h4-13H2,1-3H3,(H2,16,17,18). The second kappa shape index (κ2) is 9.18. The minimum atomic E-state index is 0.0259. The molecule has 19 heavy (non-hydrogen) atoms. The van der Waals surface area contributed by atoms with E-state index in [1.807, 2.05) is 7.05 Å². The number of ether oxygens (including phenoxy) is 1. The Morgan fingerprint density at radius 2 is 1.84 bits per heavy atom. The van der Waals surface area contributed by atoms with E-state index in [1.165, 1.54) is 32.1 Å². The van der Waals surface area contributed by atoms with E-state index in [0.717, 1.165) is 38.5 Å². The zero-order valence-corrected chi connectivity index (χ0v) is 12.9. The quantitative estimate of drug-likeness (QED) is 0.552. The van der Waals surface area contributed by atoms with E-state index in [-0.39, 0.29) is 5.60 Å². The maximum absolute atomic E-state index is 6.17. The highest BCUT2D eigenvalue weighted by atomic mass is 16.5. The molecule has 1 saturated carbocycles. The van der Waals surface area contributed by atoms with Crippen molar-refractivity contribution in [2.45, 2.75) is 64.4 Å². The smallest absolute Gasteiger partial charge is 0.191 e. The minimum Gasteiger partial charge on any atom is -0.373 e. The highest BCUT2D eigenvalue weighted by Gasteiger charge is 2.32. The molecule has 0 aromatic heterocycles. The van der Waals surface area contributed by atoms with Crippen LogP contribution in [0.5, 0.6) is 0 Å². The van der Waals surface area contributed by atoms with Crippen LogP contribution >= 0.6 is 0 Å². The Morgan fingerprint density at radius 3 is 2.42 bits per heavy atom. The Bertz CT molecular complexity index is 260. The van der Waals surface area contributed by atoms with Crippen molar-refractivity contribution in [3.63, 3.8) is 0 Å². The van der Waals surface area contributed by atoms with Gasteiger partial charge < -0.3 is 15.4 Å². The second-order valence-corrected chi connectivity index (χ2v) is 5.44. The number of hydrogen-bond acceptors (Lipinski definition) is 2. The minimum absolute atomic E-state index is 0.0259. The van der Waals surface area contributed by atoms with E-state index in [2.05, 4.69) is 29.5 Å². The molecule has 112 valence electrons. The van der Waals surface area contributed by atoms with Gasteiger partial charge in [0, 0.05) is 26.7 Å². The lowest BCUT2D eigenvalue weighted by molar-refractivity contribution is -0.0657. The summed E-state index contributed by atoms with van der Waals surface area (Å²) in [4.78, 5) is 4.26. The van der Waals surface area contributed by atoms with E-state index in [9.17, 15) is 0 Å². The summed E-state index contributed by atoms with van der Waals surface area (Å²) in [5.41, 5.74) is 0.0259. The van der Waals surface area contributed by atoms with Crippen LogP contribution in [0.1, 0.15) is 58.8 Å². The third-order valence-corrected chi connectivity index (χ3v) is 3.72. The molecule has 0 atom stereocenters. The molecule has 0 heterocycles. The summed E-state index contributed by atoms with van der Waals surface area (Å²) in [7, 11) is 1.82. The van der Waals surface area contributed by atoms with Crippen molar-refractivity contribution in [3.8, 4) is 0 Å². The van der Waals surface area contributed by atoms with Gasteiger partial charge in [0.05, 0.1) is 5.60 Å². The normalized spacial score (nSPS) is 19.2. The third-order valence-electron chi connectivity index (χ3n) is 3.72. The lowest BCUT2D eigenvalue weighted by atomic mass is 9.84. The Kier molecular flexibility index (Phi) is 7.87. The van der Waals surface area contributed by atoms with Crippen molar-refractivity contribution in [1.29, 1.82) is 0 Å². The van der Waals surface area contributed by atoms with Gasteiger partial charge in [-0.25, -0.2) is 0 Å². The predicted molar refractivity (Wildman–Crippen MR) is 81.7 cm³/mol. The van der Waals surface area contributed by atoms with Crippen LogP contribution in [0.2, 0.25) is 0 Å². The van der Waals surface area contributed by atoms with Crippen LogP contribution in [-0.4, -0.2) is 38.3 Å². The van der Waals surface area contributed by atoms with Crippen LogP contribution < -0.4 is 10.6 Å². The summed E-state index contributed by atoms with van der Waals surface area (Å²) in [6, 6.07) is 0. The maximum atomic E-state index is 6.17. The first-order chi connectivity index (χ1) is 9.26. The average molecular weight is 269 g/mol. The molecular formula is C15H31N3O. The topological polar surface area (TPSA) is 45.7 Å². The number of guanidine groups is 1. The molecule has 0 bridgehead atoms. The summed E-state index contributed by atoms with van der Waals surface area (Å²) in [5, 5.41) is 6.75. The van der Waals surface area contributed by atoms with Gasteiger partial charge in [0.25, 0.3) is 0 Å². The Hall–Kier alpha value is -0.770. The van der Waals surface area contributed by atoms with E-state index in [4.69, 9.17) is 4.74 Å². The molecule has 1 rings (SSSR count). The molecule has 4 heteroatoms. The van der Waals surface area contributed by atoms with Gasteiger partial charge in [-0.3, -0.25) is 4.99 Å². The summed E-state index contributed by atoms with van der Waals surface area (Å²) in [6.07, 6.45) is 8.46. The average Bonchev–Trinajstić information content (AvgIpc) is 2.46. The van der Waals surface area contributed by atoms with Crippen LogP contribution in [-0.2, 0) is 4.74 Å². The molecule has 0 aliphatic heterocycles.